The molecule has 0 radical (unpaired) electrons. The minimum absolute atomic E-state index is 0.159. The molecule has 4 nitrogen and oxygen atoms in total. The lowest BCUT2D eigenvalue weighted by molar-refractivity contribution is -0.116. The summed E-state index contributed by atoms with van der Waals surface area (Å²) in [5, 5.41) is 6.13. The van der Waals surface area contributed by atoms with Crippen LogP contribution in [0, 0.1) is 12.7 Å². The number of aryl methyl sites for hydroxylation is 1. The second-order valence-electron chi connectivity index (χ2n) is 5.38. The van der Waals surface area contributed by atoms with Crippen LogP contribution in [0.2, 0.25) is 0 Å². The maximum absolute atomic E-state index is 13.0. The molecule has 1 heterocycles. The molecule has 1 aliphatic rings. The highest BCUT2D eigenvalue weighted by Crippen LogP contribution is 2.33. The Morgan fingerprint density at radius 3 is 2.71 bits per heavy atom. The number of thioether (sulfide) groups is 1. The third-order valence-corrected chi connectivity index (χ3v) is 4.57. The molecular weight excluding hydrogens is 327 g/mol. The number of hydrogen-bond acceptors (Lipinski definition) is 4. The quantitative estimate of drug-likeness (QED) is 0.830. The monoisotopic (exact) mass is 344 g/mol. The fourth-order valence-corrected chi connectivity index (χ4v) is 3.33. The van der Waals surface area contributed by atoms with E-state index < -0.39 is 0 Å². The highest BCUT2D eigenvalue weighted by molar-refractivity contribution is 8.05. The molecule has 1 fully saturated rings. The van der Waals surface area contributed by atoms with Gasteiger partial charge in [-0.1, -0.05) is 30.0 Å². The summed E-state index contributed by atoms with van der Waals surface area (Å²) < 4.78 is 18.3. The molecule has 1 atom stereocenters. The molecule has 3 rings (SSSR count). The van der Waals surface area contributed by atoms with E-state index in [1.807, 2.05) is 25.1 Å². The summed E-state index contributed by atoms with van der Waals surface area (Å²) in [6.45, 7) is 1.99. The second kappa shape index (κ2) is 6.97. The first-order valence-corrected chi connectivity index (χ1v) is 8.29. The van der Waals surface area contributed by atoms with E-state index in [-0.39, 0.29) is 17.2 Å². The second-order valence-corrected chi connectivity index (χ2v) is 6.53. The molecule has 2 aromatic rings. The number of benzene rings is 2. The number of ether oxygens (including phenoxy) is 1. The molecule has 6 heteroatoms. The van der Waals surface area contributed by atoms with Gasteiger partial charge in [-0.15, -0.1) is 0 Å². The van der Waals surface area contributed by atoms with Gasteiger partial charge < -0.3 is 15.4 Å². The van der Waals surface area contributed by atoms with Crippen molar-refractivity contribution in [2.24, 2.45) is 0 Å². The number of halogens is 1. The lowest BCUT2D eigenvalue weighted by atomic mass is 10.2. The number of methoxy groups -OCH3 is 1. The van der Waals surface area contributed by atoms with Gasteiger partial charge in [0.1, 0.15) is 11.6 Å². The number of rotatable bonds is 4. The summed E-state index contributed by atoms with van der Waals surface area (Å²) >= 11 is 1.38. The number of carbonyl (C=O) groups is 1. The molecule has 124 valence electrons. The predicted octanol–water partition coefficient (Wildman–Crippen LogP) is 3.74. The van der Waals surface area contributed by atoms with Crippen molar-refractivity contribution >= 4 is 29.4 Å². The van der Waals surface area contributed by atoms with Gasteiger partial charge in [-0.25, -0.2) is 4.39 Å². The van der Waals surface area contributed by atoms with Crippen molar-refractivity contribution < 1.29 is 13.9 Å². The molecule has 1 amide bonds. The van der Waals surface area contributed by atoms with Crippen molar-refractivity contribution in [2.75, 3.05) is 12.4 Å². The predicted molar refractivity (Wildman–Crippen MR) is 95.3 cm³/mol. The fraction of sp³-hybridized carbons (Fsp3) is 0.167. The summed E-state index contributed by atoms with van der Waals surface area (Å²) in [6, 6.07) is 11.8. The highest BCUT2D eigenvalue weighted by atomic mass is 32.2. The Morgan fingerprint density at radius 2 is 2.00 bits per heavy atom. The summed E-state index contributed by atoms with van der Waals surface area (Å²) in [6.07, 6.45) is 1.74. The van der Waals surface area contributed by atoms with E-state index >= 15 is 0 Å². The van der Waals surface area contributed by atoms with Gasteiger partial charge in [0.15, 0.2) is 5.50 Å². The molecule has 0 spiro atoms. The third kappa shape index (κ3) is 3.71. The molecule has 0 bridgehead atoms. The van der Waals surface area contributed by atoms with Gasteiger partial charge >= 0.3 is 0 Å². The van der Waals surface area contributed by atoms with Gasteiger partial charge in [0, 0.05) is 0 Å². The average Bonchev–Trinajstić information content (AvgIpc) is 2.89. The molecular formula is C18H17FN2O2S. The number of hydrogen-bond donors (Lipinski definition) is 2. The maximum Gasteiger partial charge on any atom is 0.260 e. The molecule has 2 aromatic carbocycles. The van der Waals surface area contributed by atoms with Crippen LogP contribution in [0.25, 0.3) is 6.08 Å². The van der Waals surface area contributed by atoms with Crippen molar-refractivity contribution in [1.82, 2.24) is 5.32 Å². The van der Waals surface area contributed by atoms with Gasteiger partial charge in [-0.3, -0.25) is 4.79 Å². The SMILES string of the molecule is COc1ccc(C)cc1NC1NC(=O)/C(=C/c2ccc(F)cc2)S1. The highest BCUT2D eigenvalue weighted by Gasteiger charge is 2.27. The van der Waals surface area contributed by atoms with Gasteiger partial charge in [-0.2, -0.15) is 0 Å². The molecule has 1 saturated heterocycles. The van der Waals surface area contributed by atoms with Crippen LogP contribution in [0.1, 0.15) is 11.1 Å². The van der Waals surface area contributed by atoms with E-state index in [1.54, 1.807) is 25.3 Å². The van der Waals surface area contributed by atoms with Gasteiger partial charge in [0.2, 0.25) is 0 Å². The zero-order valence-corrected chi connectivity index (χ0v) is 14.1. The van der Waals surface area contributed by atoms with Crippen LogP contribution in [0.3, 0.4) is 0 Å². The van der Waals surface area contributed by atoms with Crippen molar-refractivity contribution in [3.8, 4) is 5.75 Å². The van der Waals surface area contributed by atoms with E-state index in [1.165, 1.54) is 23.9 Å². The smallest absolute Gasteiger partial charge is 0.260 e. The zero-order valence-electron chi connectivity index (χ0n) is 13.3. The van der Waals surface area contributed by atoms with Crippen molar-refractivity contribution in [3.05, 3.63) is 64.3 Å². The molecule has 2 N–H and O–H groups in total. The summed E-state index contributed by atoms with van der Waals surface area (Å²) in [5.41, 5.74) is 2.40. The van der Waals surface area contributed by atoms with Crippen LogP contribution in [-0.4, -0.2) is 18.5 Å². The van der Waals surface area contributed by atoms with Gasteiger partial charge in [-0.05, 0) is 48.4 Å². The fourth-order valence-electron chi connectivity index (χ4n) is 2.35. The summed E-state index contributed by atoms with van der Waals surface area (Å²) in [7, 11) is 1.61. The van der Waals surface area contributed by atoms with Gasteiger partial charge in [0.05, 0.1) is 17.7 Å². The van der Waals surface area contributed by atoms with E-state index in [2.05, 4.69) is 10.6 Å². The first kappa shape index (κ1) is 16.4. The topological polar surface area (TPSA) is 50.4 Å². The van der Waals surface area contributed by atoms with Crippen LogP contribution in [0.4, 0.5) is 10.1 Å². The van der Waals surface area contributed by atoms with Crippen LogP contribution >= 0.6 is 11.8 Å². The number of anilines is 1. The van der Waals surface area contributed by atoms with Crippen LogP contribution in [0.15, 0.2) is 47.4 Å². The molecule has 1 unspecified atom stereocenters. The Labute approximate surface area is 144 Å². The maximum atomic E-state index is 13.0. The van der Waals surface area contributed by atoms with E-state index in [0.29, 0.717) is 10.7 Å². The summed E-state index contributed by atoms with van der Waals surface area (Å²) in [5.74, 6) is 0.256. The van der Waals surface area contributed by atoms with E-state index in [9.17, 15) is 9.18 Å². The van der Waals surface area contributed by atoms with E-state index in [4.69, 9.17) is 4.74 Å². The Morgan fingerprint density at radius 1 is 1.25 bits per heavy atom. The minimum Gasteiger partial charge on any atom is -0.495 e. The lowest BCUT2D eigenvalue weighted by Gasteiger charge is -2.16. The van der Waals surface area contributed by atoms with Crippen LogP contribution < -0.4 is 15.4 Å². The van der Waals surface area contributed by atoms with Gasteiger partial charge in [0.25, 0.3) is 5.91 Å². The molecule has 1 aliphatic heterocycles. The standard InChI is InChI=1S/C18H17FN2O2S/c1-11-3-8-15(23-2)14(9-11)20-18-21-17(22)16(24-18)10-12-4-6-13(19)7-5-12/h3-10,18,20H,1-2H3,(H,21,22)/b16-10-. The molecule has 0 aromatic heterocycles. The third-order valence-electron chi connectivity index (χ3n) is 3.54. The van der Waals surface area contributed by atoms with Crippen molar-refractivity contribution in [3.63, 3.8) is 0 Å². The summed E-state index contributed by atoms with van der Waals surface area (Å²) in [4.78, 5) is 12.7. The first-order valence-electron chi connectivity index (χ1n) is 7.41. The Bertz CT molecular complexity index is 790. The lowest BCUT2D eigenvalue weighted by Crippen LogP contribution is -2.31. The number of nitrogens with one attached hydrogen (secondary N) is 2. The van der Waals surface area contributed by atoms with Crippen molar-refractivity contribution in [2.45, 2.75) is 12.4 Å². The normalized spacial score (nSPS) is 18.5. The largest absolute Gasteiger partial charge is 0.495 e. The Kier molecular flexibility index (Phi) is 4.76. The average molecular weight is 344 g/mol. The first-order chi connectivity index (χ1) is 11.5. The molecule has 24 heavy (non-hydrogen) atoms. The molecule has 0 saturated carbocycles. The van der Waals surface area contributed by atoms with Crippen LogP contribution in [0.5, 0.6) is 5.75 Å². The zero-order chi connectivity index (χ0) is 17.1. The van der Waals surface area contributed by atoms with Crippen LogP contribution in [-0.2, 0) is 4.79 Å². The van der Waals surface area contributed by atoms with Crippen molar-refractivity contribution in [1.29, 1.82) is 0 Å². The number of carbonyl (C=O) groups excluding carboxylic acids is 1. The minimum atomic E-state index is -0.299. The van der Waals surface area contributed by atoms with E-state index in [0.717, 1.165) is 16.8 Å². The Balaban J connectivity index is 1.75. The number of amides is 1. The molecule has 0 aliphatic carbocycles. The Hall–Kier alpha value is -2.47.